The van der Waals surface area contributed by atoms with Gasteiger partial charge in [0.05, 0.1) is 12.8 Å². The van der Waals surface area contributed by atoms with Crippen molar-refractivity contribution in [3.8, 4) is 0 Å². The molecule has 4 amide bonds. The molecule has 2 aliphatic heterocycles. The maximum absolute atomic E-state index is 13.8. The Morgan fingerprint density at radius 3 is 2.11 bits per heavy atom. The Balaban J connectivity index is 1.28. The highest BCUT2D eigenvalue weighted by Crippen LogP contribution is 2.33. The molecule has 11 heteroatoms. The van der Waals surface area contributed by atoms with Crippen LogP contribution in [0.25, 0.3) is 0 Å². The highest BCUT2D eigenvalue weighted by molar-refractivity contribution is 5.95. The van der Waals surface area contributed by atoms with Crippen molar-refractivity contribution in [2.45, 2.75) is 81.6 Å². The second-order valence-electron chi connectivity index (χ2n) is 12.0. The Bertz CT molecular complexity index is 1520. The number of hydrogen-bond acceptors (Lipinski definition) is 6. The second kappa shape index (κ2) is 15.3. The number of nitrogens with one attached hydrogen (secondary N) is 3. The van der Waals surface area contributed by atoms with Crippen LogP contribution in [-0.4, -0.2) is 74.8 Å². The smallest absolute Gasteiger partial charge is 0.305 e. The zero-order valence-electron chi connectivity index (χ0n) is 25.5. The van der Waals surface area contributed by atoms with Gasteiger partial charge < -0.3 is 26.0 Å². The van der Waals surface area contributed by atoms with Gasteiger partial charge in [-0.2, -0.15) is 0 Å². The molecule has 0 saturated carbocycles. The maximum atomic E-state index is 13.8. The molecule has 2 fully saturated rings. The molecule has 5 unspecified atom stereocenters. The van der Waals surface area contributed by atoms with Crippen LogP contribution < -0.4 is 16.0 Å². The van der Waals surface area contributed by atoms with Gasteiger partial charge >= 0.3 is 5.97 Å². The minimum Gasteiger partial charge on any atom is -0.481 e. The standard InChI is InChI=1S/C35H39N5O6/c41-31(21-24-9-5-2-6-10-24)38-28-13-11-27-12-14-30(40(27)35(28)46)34(45)39-29(20-25-15-17-36-18-16-25)33(44)37-26(22-32(42)43)19-23-7-3-1-4-8-23/h1-10,15-18,26-30H,11-14,19-22H2,(H,37,44)(H,38,41)(H,39,45)(H,42,43). The molecule has 46 heavy (non-hydrogen) atoms. The Labute approximate surface area is 267 Å². The van der Waals surface area contributed by atoms with Crippen molar-refractivity contribution in [3.63, 3.8) is 0 Å². The first-order valence-corrected chi connectivity index (χ1v) is 15.7. The van der Waals surface area contributed by atoms with Crippen LogP contribution in [-0.2, 0) is 43.2 Å². The number of nitrogens with zero attached hydrogens (tertiary/aromatic N) is 2. The van der Waals surface area contributed by atoms with E-state index in [9.17, 15) is 29.1 Å². The molecular weight excluding hydrogens is 586 g/mol. The largest absolute Gasteiger partial charge is 0.481 e. The van der Waals surface area contributed by atoms with Gasteiger partial charge in [0.1, 0.15) is 18.1 Å². The van der Waals surface area contributed by atoms with Gasteiger partial charge in [-0.15, -0.1) is 0 Å². The minimum absolute atomic E-state index is 0.121. The van der Waals surface area contributed by atoms with Crippen molar-refractivity contribution in [3.05, 3.63) is 102 Å². The van der Waals surface area contributed by atoms with Crippen LogP contribution in [0.2, 0.25) is 0 Å². The number of carbonyl (C=O) groups is 5. The predicted octanol–water partition coefficient (Wildman–Crippen LogP) is 2.19. The molecule has 1 aromatic heterocycles. The summed E-state index contributed by atoms with van der Waals surface area (Å²) in [6.45, 7) is 0. The third-order valence-electron chi connectivity index (χ3n) is 8.60. The molecule has 0 radical (unpaired) electrons. The molecule has 0 bridgehead atoms. The van der Waals surface area contributed by atoms with Crippen LogP contribution in [0, 0.1) is 0 Å². The quantitative estimate of drug-likeness (QED) is 0.227. The fraction of sp³-hybridized carbons (Fsp3) is 0.371. The van der Waals surface area contributed by atoms with Crippen LogP contribution in [0.15, 0.2) is 85.2 Å². The summed E-state index contributed by atoms with van der Waals surface area (Å²) in [6.07, 6.45) is 5.73. The number of rotatable bonds is 13. The summed E-state index contributed by atoms with van der Waals surface area (Å²) in [5, 5.41) is 18.1. The van der Waals surface area contributed by atoms with E-state index in [0.717, 1.165) is 16.7 Å². The summed E-state index contributed by atoms with van der Waals surface area (Å²) in [5.41, 5.74) is 2.47. The van der Waals surface area contributed by atoms with Crippen molar-refractivity contribution in [2.75, 3.05) is 0 Å². The molecule has 3 heterocycles. The van der Waals surface area contributed by atoms with Gasteiger partial charge in [-0.05, 0) is 60.9 Å². The molecule has 2 aliphatic rings. The number of aliphatic carboxylic acids is 1. The van der Waals surface area contributed by atoms with E-state index in [1.807, 2.05) is 60.7 Å². The van der Waals surface area contributed by atoms with Gasteiger partial charge in [0.2, 0.25) is 23.6 Å². The summed E-state index contributed by atoms with van der Waals surface area (Å²) in [7, 11) is 0. The summed E-state index contributed by atoms with van der Waals surface area (Å²) < 4.78 is 0. The van der Waals surface area contributed by atoms with Crippen LogP contribution in [0.4, 0.5) is 0 Å². The zero-order chi connectivity index (χ0) is 32.5. The van der Waals surface area contributed by atoms with E-state index < -0.39 is 42.0 Å². The highest BCUT2D eigenvalue weighted by Gasteiger charge is 2.46. The Hall–Kier alpha value is -5.06. The van der Waals surface area contributed by atoms with Crippen LogP contribution in [0.5, 0.6) is 0 Å². The molecule has 4 N–H and O–H groups in total. The van der Waals surface area contributed by atoms with Crippen molar-refractivity contribution >= 4 is 29.6 Å². The monoisotopic (exact) mass is 625 g/mol. The summed E-state index contributed by atoms with van der Waals surface area (Å²) in [5.74, 6) is -2.59. The molecule has 240 valence electrons. The average molecular weight is 626 g/mol. The molecule has 11 nitrogen and oxygen atoms in total. The molecule has 0 aliphatic carbocycles. The van der Waals surface area contributed by atoms with E-state index in [2.05, 4.69) is 20.9 Å². The van der Waals surface area contributed by atoms with E-state index >= 15 is 0 Å². The number of benzene rings is 2. The average Bonchev–Trinajstić information content (AvgIpc) is 3.48. The maximum Gasteiger partial charge on any atom is 0.305 e. The molecule has 2 aromatic carbocycles. The number of hydrogen-bond donors (Lipinski definition) is 4. The van der Waals surface area contributed by atoms with Gasteiger partial charge in [-0.3, -0.25) is 29.0 Å². The fourth-order valence-corrected chi connectivity index (χ4v) is 6.40. The van der Waals surface area contributed by atoms with Crippen LogP contribution in [0.1, 0.15) is 48.8 Å². The molecule has 3 aromatic rings. The van der Waals surface area contributed by atoms with Crippen molar-refractivity contribution in [1.82, 2.24) is 25.8 Å². The van der Waals surface area contributed by atoms with E-state index in [1.54, 1.807) is 29.4 Å². The second-order valence-corrected chi connectivity index (χ2v) is 12.0. The first kappa shape index (κ1) is 32.3. The van der Waals surface area contributed by atoms with Crippen LogP contribution in [0.3, 0.4) is 0 Å². The predicted molar refractivity (Wildman–Crippen MR) is 169 cm³/mol. The number of fused-ring (bicyclic) bond motifs is 1. The topological polar surface area (TPSA) is 158 Å². The lowest BCUT2D eigenvalue weighted by atomic mass is 9.97. The molecular formula is C35H39N5O6. The van der Waals surface area contributed by atoms with Gasteiger partial charge in [0, 0.05) is 30.9 Å². The van der Waals surface area contributed by atoms with Gasteiger partial charge in [-0.1, -0.05) is 60.7 Å². The third-order valence-corrected chi connectivity index (χ3v) is 8.60. The zero-order valence-corrected chi connectivity index (χ0v) is 25.5. The first-order chi connectivity index (χ1) is 22.3. The molecule has 0 spiro atoms. The van der Waals surface area contributed by atoms with Crippen molar-refractivity contribution in [1.29, 1.82) is 0 Å². The summed E-state index contributed by atoms with van der Waals surface area (Å²) in [6, 6.07) is 18.7. The number of carboxylic acids is 1. The van der Waals surface area contributed by atoms with Crippen LogP contribution >= 0.6 is 0 Å². The number of piperidine rings is 1. The fourth-order valence-electron chi connectivity index (χ4n) is 6.40. The number of amides is 4. The van der Waals surface area contributed by atoms with Gasteiger partial charge in [-0.25, -0.2) is 0 Å². The lowest BCUT2D eigenvalue weighted by Crippen LogP contribution is -2.60. The lowest BCUT2D eigenvalue weighted by molar-refractivity contribution is -0.146. The van der Waals surface area contributed by atoms with Crippen molar-refractivity contribution in [2.24, 2.45) is 0 Å². The van der Waals surface area contributed by atoms with E-state index in [1.165, 1.54) is 0 Å². The molecule has 2 saturated heterocycles. The molecule has 5 rings (SSSR count). The SMILES string of the molecule is O=C(O)CC(Cc1ccccc1)NC(=O)C(Cc1ccncc1)NC(=O)C1CCC2CCC(NC(=O)Cc3ccccc3)C(=O)N21. The molecule has 5 atom stereocenters. The minimum atomic E-state index is -1.05. The van der Waals surface area contributed by atoms with Gasteiger partial charge in [0.25, 0.3) is 0 Å². The Morgan fingerprint density at radius 2 is 1.43 bits per heavy atom. The number of aromatic nitrogens is 1. The summed E-state index contributed by atoms with van der Waals surface area (Å²) in [4.78, 5) is 71.1. The number of carboxylic acid groups (broad SMARTS) is 1. The van der Waals surface area contributed by atoms with Gasteiger partial charge in [0.15, 0.2) is 0 Å². The van der Waals surface area contributed by atoms with E-state index in [-0.39, 0.29) is 37.1 Å². The van der Waals surface area contributed by atoms with E-state index in [0.29, 0.717) is 32.1 Å². The van der Waals surface area contributed by atoms with E-state index in [4.69, 9.17) is 0 Å². The first-order valence-electron chi connectivity index (χ1n) is 15.7. The number of pyridine rings is 1. The van der Waals surface area contributed by atoms with Crippen molar-refractivity contribution < 1.29 is 29.1 Å². The lowest BCUT2D eigenvalue weighted by Gasteiger charge is -2.38. The Kier molecular flexibility index (Phi) is 10.7. The Morgan fingerprint density at radius 1 is 0.804 bits per heavy atom. The summed E-state index contributed by atoms with van der Waals surface area (Å²) >= 11 is 0. The third kappa shape index (κ3) is 8.56. The highest BCUT2D eigenvalue weighted by atomic mass is 16.4. The number of carbonyl (C=O) groups excluding carboxylic acids is 4. The normalized spacial score (nSPS) is 20.2.